The van der Waals surface area contributed by atoms with E-state index in [0.29, 0.717) is 17.3 Å². The van der Waals surface area contributed by atoms with Gasteiger partial charge in [-0.1, -0.05) is 79.2 Å². The normalized spacial score (nSPS) is 14.5. The summed E-state index contributed by atoms with van der Waals surface area (Å²) in [5, 5.41) is 8.56. The SMILES string of the molecule is CCc1nn(-c2ccccc2)c2c1CN(C(=O)Nc1ccccc1Cl)C(c1ccccc1)c1cccn1-2. The van der Waals surface area contributed by atoms with E-state index >= 15 is 0 Å². The molecule has 6 rings (SSSR count). The second kappa shape index (κ2) is 9.64. The standard InChI is InChI=1S/C30H26ClN5O/c1-2-25-23-20-35(30(37)32-26-17-10-9-16-24(26)31)28(21-12-5-3-6-13-21)27-18-11-19-34(27)29(23)36(33-25)22-14-7-4-8-15-22/h3-19,28H,2,20H2,1H3,(H,32,37). The Labute approximate surface area is 220 Å². The van der Waals surface area contributed by atoms with Gasteiger partial charge < -0.3 is 14.8 Å². The summed E-state index contributed by atoms with van der Waals surface area (Å²) in [5.74, 6) is 0.956. The van der Waals surface area contributed by atoms with Crippen molar-refractivity contribution in [3.8, 4) is 11.5 Å². The molecule has 0 radical (unpaired) electrons. The number of benzene rings is 3. The van der Waals surface area contributed by atoms with Gasteiger partial charge in [0.05, 0.1) is 40.4 Å². The molecule has 0 bridgehead atoms. The number of fused-ring (bicyclic) bond motifs is 3. The topological polar surface area (TPSA) is 55.1 Å². The number of carbonyl (C=O) groups is 1. The first-order valence-corrected chi connectivity index (χ1v) is 12.7. The van der Waals surface area contributed by atoms with Crippen molar-refractivity contribution in [2.45, 2.75) is 25.9 Å². The zero-order valence-corrected chi connectivity index (χ0v) is 21.1. The van der Waals surface area contributed by atoms with E-state index in [2.05, 4.69) is 53.3 Å². The number of urea groups is 1. The number of rotatable bonds is 4. The lowest BCUT2D eigenvalue weighted by Gasteiger charge is -2.31. The first kappa shape index (κ1) is 23.1. The molecule has 1 atom stereocenters. The number of aryl methyl sites for hydroxylation is 1. The van der Waals surface area contributed by atoms with E-state index in [9.17, 15) is 4.79 Å². The van der Waals surface area contributed by atoms with Crippen molar-refractivity contribution in [2.75, 3.05) is 5.32 Å². The fourth-order valence-corrected chi connectivity index (χ4v) is 5.27. The summed E-state index contributed by atoms with van der Waals surface area (Å²) in [5.41, 5.74) is 5.55. The number of nitrogens with one attached hydrogen (secondary N) is 1. The van der Waals surface area contributed by atoms with Gasteiger partial charge in [-0.3, -0.25) is 0 Å². The number of anilines is 1. The Morgan fingerprint density at radius 3 is 2.38 bits per heavy atom. The van der Waals surface area contributed by atoms with Crippen molar-refractivity contribution < 1.29 is 4.79 Å². The third-order valence-corrected chi connectivity index (χ3v) is 7.13. The zero-order chi connectivity index (χ0) is 25.4. The van der Waals surface area contributed by atoms with Crippen LogP contribution in [0.5, 0.6) is 0 Å². The van der Waals surface area contributed by atoms with Crippen molar-refractivity contribution >= 4 is 23.3 Å². The van der Waals surface area contributed by atoms with Crippen LogP contribution >= 0.6 is 11.6 Å². The Kier molecular flexibility index (Phi) is 6.02. The Morgan fingerprint density at radius 2 is 1.65 bits per heavy atom. The number of amides is 2. The molecule has 0 saturated carbocycles. The monoisotopic (exact) mass is 507 g/mol. The van der Waals surface area contributed by atoms with Crippen molar-refractivity contribution in [3.05, 3.63) is 131 Å². The van der Waals surface area contributed by atoms with Gasteiger partial charge in [-0.15, -0.1) is 0 Å². The second-order valence-electron chi connectivity index (χ2n) is 9.00. The minimum Gasteiger partial charge on any atom is -0.307 e. The number of nitrogens with zero attached hydrogens (tertiary/aromatic N) is 4. The summed E-state index contributed by atoms with van der Waals surface area (Å²) in [6.45, 7) is 2.49. The Morgan fingerprint density at radius 1 is 0.946 bits per heavy atom. The molecule has 1 aliphatic heterocycles. The zero-order valence-electron chi connectivity index (χ0n) is 20.4. The summed E-state index contributed by atoms with van der Waals surface area (Å²) < 4.78 is 4.17. The van der Waals surface area contributed by atoms with Gasteiger partial charge in [-0.05, 0) is 48.4 Å². The molecular weight excluding hydrogens is 482 g/mol. The molecule has 0 fully saturated rings. The molecule has 5 aromatic rings. The predicted octanol–water partition coefficient (Wildman–Crippen LogP) is 7.02. The maximum absolute atomic E-state index is 14.0. The van der Waals surface area contributed by atoms with Crippen LogP contribution in [0.2, 0.25) is 5.02 Å². The Bertz CT molecular complexity index is 1560. The number of carbonyl (C=O) groups excluding carboxylic acids is 1. The smallest absolute Gasteiger partial charge is 0.307 e. The van der Waals surface area contributed by atoms with Crippen LogP contribution in [0.1, 0.15) is 35.5 Å². The molecule has 184 valence electrons. The van der Waals surface area contributed by atoms with Gasteiger partial charge in [0.1, 0.15) is 5.82 Å². The Hall–Kier alpha value is -4.29. The van der Waals surface area contributed by atoms with Crippen LogP contribution in [-0.2, 0) is 13.0 Å². The van der Waals surface area contributed by atoms with E-state index in [1.165, 1.54) is 0 Å². The van der Waals surface area contributed by atoms with Gasteiger partial charge in [0.25, 0.3) is 0 Å². The highest BCUT2D eigenvalue weighted by Crippen LogP contribution is 2.39. The predicted molar refractivity (Wildman–Crippen MR) is 147 cm³/mol. The lowest BCUT2D eigenvalue weighted by molar-refractivity contribution is 0.194. The molecule has 3 heterocycles. The molecule has 1 N–H and O–H groups in total. The van der Waals surface area contributed by atoms with Crippen LogP contribution in [0.25, 0.3) is 11.5 Å². The van der Waals surface area contributed by atoms with Crippen LogP contribution in [0, 0.1) is 0 Å². The lowest BCUT2D eigenvalue weighted by atomic mass is 10.0. The van der Waals surface area contributed by atoms with Crippen LogP contribution < -0.4 is 5.32 Å². The van der Waals surface area contributed by atoms with Gasteiger partial charge in [-0.25, -0.2) is 9.48 Å². The summed E-state index contributed by atoms with van der Waals surface area (Å²) in [4.78, 5) is 15.9. The maximum Gasteiger partial charge on any atom is 0.323 e. The average molecular weight is 508 g/mol. The van der Waals surface area contributed by atoms with E-state index in [4.69, 9.17) is 16.7 Å². The van der Waals surface area contributed by atoms with Crippen LogP contribution in [0.15, 0.2) is 103 Å². The van der Waals surface area contributed by atoms with E-state index < -0.39 is 0 Å². The van der Waals surface area contributed by atoms with Crippen molar-refractivity contribution in [1.29, 1.82) is 0 Å². The fourth-order valence-electron chi connectivity index (χ4n) is 5.08. The molecule has 7 heteroatoms. The molecule has 0 spiro atoms. The molecule has 37 heavy (non-hydrogen) atoms. The van der Waals surface area contributed by atoms with E-state index in [1.807, 2.05) is 70.2 Å². The first-order chi connectivity index (χ1) is 18.2. The molecular formula is C30H26ClN5O. The minimum atomic E-state index is -0.319. The van der Waals surface area contributed by atoms with Gasteiger partial charge in [-0.2, -0.15) is 5.10 Å². The average Bonchev–Trinajstić information content (AvgIpc) is 3.52. The minimum absolute atomic E-state index is 0.225. The highest BCUT2D eigenvalue weighted by atomic mass is 35.5. The highest BCUT2D eigenvalue weighted by molar-refractivity contribution is 6.33. The second-order valence-corrected chi connectivity index (χ2v) is 9.41. The molecule has 2 aromatic heterocycles. The molecule has 3 aromatic carbocycles. The van der Waals surface area contributed by atoms with E-state index in [1.54, 1.807) is 6.07 Å². The number of para-hydroxylation sites is 2. The maximum atomic E-state index is 14.0. The molecule has 0 saturated heterocycles. The van der Waals surface area contributed by atoms with E-state index in [-0.39, 0.29) is 12.1 Å². The largest absolute Gasteiger partial charge is 0.323 e. The van der Waals surface area contributed by atoms with E-state index in [0.717, 1.165) is 40.4 Å². The summed E-state index contributed by atoms with van der Waals surface area (Å²) in [6.07, 6.45) is 2.80. The molecule has 1 aliphatic rings. The van der Waals surface area contributed by atoms with Crippen LogP contribution in [0.3, 0.4) is 0 Å². The quantitative estimate of drug-likeness (QED) is 0.284. The van der Waals surface area contributed by atoms with Crippen molar-refractivity contribution in [1.82, 2.24) is 19.2 Å². The number of aromatic nitrogens is 3. The fraction of sp³-hybridized carbons (Fsp3) is 0.133. The molecule has 6 nitrogen and oxygen atoms in total. The van der Waals surface area contributed by atoms with Crippen molar-refractivity contribution in [3.63, 3.8) is 0 Å². The first-order valence-electron chi connectivity index (χ1n) is 12.4. The molecule has 0 aliphatic carbocycles. The van der Waals surface area contributed by atoms with Crippen LogP contribution in [-0.4, -0.2) is 25.3 Å². The third kappa shape index (κ3) is 4.09. The lowest BCUT2D eigenvalue weighted by Crippen LogP contribution is -2.38. The number of hydrogen-bond acceptors (Lipinski definition) is 2. The summed E-state index contributed by atoms with van der Waals surface area (Å²) >= 11 is 6.41. The number of hydrogen-bond donors (Lipinski definition) is 1. The van der Waals surface area contributed by atoms with Crippen molar-refractivity contribution in [2.24, 2.45) is 0 Å². The van der Waals surface area contributed by atoms with Crippen LogP contribution in [0.4, 0.5) is 10.5 Å². The molecule has 2 amide bonds. The summed E-state index contributed by atoms with van der Waals surface area (Å²) in [7, 11) is 0. The highest BCUT2D eigenvalue weighted by Gasteiger charge is 2.36. The van der Waals surface area contributed by atoms with Gasteiger partial charge >= 0.3 is 6.03 Å². The van der Waals surface area contributed by atoms with Gasteiger partial charge in [0.15, 0.2) is 0 Å². The number of halogens is 1. The third-order valence-electron chi connectivity index (χ3n) is 6.80. The Balaban J connectivity index is 1.56. The van der Waals surface area contributed by atoms with Gasteiger partial charge in [0.2, 0.25) is 0 Å². The van der Waals surface area contributed by atoms with Gasteiger partial charge in [0, 0.05) is 11.8 Å². The summed E-state index contributed by atoms with van der Waals surface area (Å²) in [6, 6.07) is 31.1. The molecule has 1 unspecified atom stereocenters.